The lowest BCUT2D eigenvalue weighted by atomic mass is 9.74. The first-order chi connectivity index (χ1) is 21.9. The predicted molar refractivity (Wildman–Crippen MR) is 174 cm³/mol. The van der Waals surface area contributed by atoms with Gasteiger partial charge >= 0.3 is 5.97 Å². The summed E-state index contributed by atoms with van der Waals surface area (Å²) in [6.07, 6.45) is -3.63. The van der Waals surface area contributed by atoms with E-state index in [2.05, 4.69) is 0 Å². The van der Waals surface area contributed by atoms with Crippen LogP contribution in [0.2, 0.25) is 0 Å². The Morgan fingerprint density at radius 2 is 1.66 bits per heavy atom. The molecule has 0 bridgehead atoms. The van der Waals surface area contributed by atoms with Crippen molar-refractivity contribution in [2.24, 2.45) is 23.7 Å². The highest BCUT2D eigenvalue weighted by molar-refractivity contribution is 5.83. The smallest absolute Gasteiger partial charge is 0.311 e. The number of likely N-dealkylation sites (N-methyl/N-ethyl adjacent to an activating group) is 1. The molecule has 3 aliphatic heterocycles. The van der Waals surface area contributed by atoms with Crippen molar-refractivity contribution >= 4 is 11.8 Å². The molecule has 0 aromatic heterocycles. The molecule has 0 amide bonds. The van der Waals surface area contributed by atoms with Gasteiger partial charge in [0.15, 0.2) is 12.6 Å². The maximum atomic E-state index is 13.9. The Morgan fingerprint density at radius 3 is 2.21 bits per heavy atom. The van der Waals surface area contributed by atoms with Crippen LogP contribution in [0.1, 0.15) is 93.9 Å². The molecule has 3 saturated heterocycles. The molecule has 274 valence electrons. The average molecular weight is 674 g/mol. The van der Waals surface area contributed by atoms with E-state index in [0.717, 1.165) is 12.8 Å². The van der Waals surface area contributed by atoms with E-state index < -0.39 is 83.9 Å². The summed E-state index contributed by atoms with van der Waals surface area (Å²) in [7, 11) is 5.34. The van der Waals surface area contributed by atoms with Gasteiger partial charge in [-0.3, -0.25) is 9.59 Å². The van der Waals surface area contributed by atoms with Crippen LogP contribution in [-0.4, -0.2) is 126 Å². The van der Waals surface area contributed by atoms with Crippen molar-refractivity contribution in [3.8, 4) is 0 Å². The number of carbonyl (C=O) groups is 2. The number of nitrogens with zero attached hydrogens (tertiary/aromatic N) is 1. The van der Waals surface area contributed by atoms with E-state index in [1.165, 1.54) is 6.92 Å². The SMILES string of the molecule is CCC1OC(=O)[C@H](C)C(OC2CCCCO2)[C@H](C)[C@@H](O[C@@H]2O[C@H](C)C[C@H](N(C)C)[C@H]2O)[C@](C)(OC)C[C@@H](C)C(=O)[C@H](C)[C@@H](O)[C@]1(C)O. The molecule has 15 atom stereocenters. The molecule has 0 spiro atoms. The van der Waals surface area contributed by atoms with Crippen LogP contribution in [0.15, 0.2) is 0 Å². The van der Waals surface area contributed by atoms with E-state index >= 15 is 0 Å². The third kappa shape index (κ3) is 9.12. The molecule has 3 heterocycles. The van der Waals surface area contributed by atoms with Crippen molar-refractivity contribution in [3.05, 3.63) is 0 Å². The van der Waals surface area contributed by atoms with Crippen molar-refractivity contribution in [2.75, 3.05) is 27.8 Å². The fraction of sp³-hybridized carbons (Fsp3) is 0.943. The largest absolute Gasteiger partial charge is 0.459 e. The zero-order chi connectivity index (χ0) is 35.4. The molecule has 0 radical (unpaired) electrons. The fourth-order valence-corrected chi connectivity index (χ4v) is 7.81. The number of hydrogen-bond acceptors (Lipinski definition) is 12. The molecule has 3 fully saturated rings. The summed E-state index contributed by atoms with van der Waals surface area (Å²) >= 11 is 0. The minimum atomic E-state index is -1.90. The summed E-state index contributed by atoms with van der Waals surface area (Å²) in [5, 5.41) is 34.3. The van der Waals surface area contributed by atoms with Gasteiger partial charge in [0.05, 0.1) is 35.9 Å². The van der Waals surface area contributed by atoms with Gasteiger partial charge in [0.1, 0.15) is 23.6 Å². The summed E-state index contributed by atoms with van der Waals surface area (Å²) in [4.78, 5) is 29.7. The van der Waals surface area contributed by atoms with Crippen LogP contribution >= 0.6 is 0 Å². The first-order valence-corrected chi connectivity index (χ1v) is 17.5. The Hall–Kier alpha value is -1.22. The average Bonchev–Trinajstić information content (AvgIpc) is 3.03. The van der Waals surface area contributed by atoms with Crippen molar-refractivity contribution in [1.82, 2.24) is 4.90 Å². The van der Waals surface area contributed by atoms with Crippen LogP contribution in [0.3, 0.4) is 0 Å². The second-order valence-corrected chi connectivity index (χ2v) is 15.0. The molecule has 0 aliphatic carbocycles. The zero-order valence-corrected chi connectivity index (χ0v) is 30.5. The monoisotopic (exact) mass is 673 g/mol. The van der Waals surface area contributed by atoms with Gasteiger partial charge in [-0.15, -0.1) is 0 Å². The molecule has 3 aliphatic rings. The van der Waals surface area contributed by atoms with E-state index in [1.54, 1.807) is 34.8 Å². The minimum Gasteiger partial charge on any atom is -0.459 e. The third-order valence-electron chi connectivity index (χ3n) is 10.9. The Labute approximate surface area is 281 Å². The van der Waals surface area contributed by atoms with Crippen LogP contribution < -0.4 is 0 Å². The third-order valence-corrected chi connectivity index (χ3v) is 10.9. The number of methoxy groups -OCH3 is 1. The molecular weight excluding hydrogens is 610 g/mol. The second kappa shape index (κ2) is 16.7. The molecule has 3 N–H and O–H groups in total. The molecule has 3 rings (SSSR count). The Kier molecular flexibility index (Phi) is 14.3. The number of ether oxygens (including phenoxy) is 6. The number of Topliss-reactive ketones (excluding diaryl/α,β-unsaturated/α-hetero) is 1. The van der Waals surface area contributed by atoms with Gasteiger partial charge < -0.3 is 48.6 Å². The number of ketones is 1. The maximum Gasteiger partial charge on any atom is 0.311 e. The molecule has 3 unspecified atom stereocenters. The molecule has 0 saturated carbocycles. The van der Waals surface area contributed by atoms with Gasteiger partial charge in [0.2, 0.25) is 0 Å². The Morgan fingerprint density at radius 1 is 1.00 bits per heavy atom. The van der Waals surface area contributed by atoms with Gasteiger partial charge in [-0.25, -0.2) is 0 Å². The summed E-state index contributed by atoms with van der Waals surface area (Å²) in [6, 6.07) is -0.232. The van der Waals surface area contributed by atoms with E-state index in [4.69, 9.17) is 28.4 Å². The second-order valence-electron chi connectivity index (χ2n) is 15.0. The standard InChI is InChI=1S/C35H63NO11/c1-12-25-35(8,41)30(39)21(4)27(37)19(2)18-34(7,42-11)31(47-33-28(38)24(36(9)10)17-20(3)44-33)22(5)29(23(6)32(40)45-25)46-26-15-13-14-16-43-26/h19-26,28-31,33,38-39,41H,12-18H2,1-11H3/t19-,20-,21+,22+,23-,24+,25?,26?,28-,29?,30-,31-,33+,34-,35-/m1/s1. The minimum absolute atomic E-state index is 0.175. The van der Waals surface area contributed by atoms with Crippen LogP contribution in [0, 0.1) is 23.7 Å². The normalized spacial score (nSPS) is 46.6. The van der Waals surface area contributed by atoms with Crippen LogP contribution in [0.25, 0.3) is 0 Å². The number of esters is 1. The fourth-order valence-electron chi connectivity index (χ4n) is 7.81. The van der Waals surface area contributed by atoms with E-state index in [9.17, 15) is 24.9 Å². The highest BCUT2D eigenvalue weighted by Crippen LogP contribution is 2.40. The molecule has 0 aromatic carbocycles. The van der Waals surface area contributed by atoms with E-state index in [1.807, 2.05) is 39.8 Å². The van der Waals surface area contributed by atoms with Crippen LogP contribution in [0.4, 0.5) is 0 Å². The van der Waals surface area contributed by atoms with Crippen molar-refractivity contribution in [1.29, 1.82) is 0 Å². The Bertz CT molecular complexity index is 1020. The Balaban J connectivity index is 2.16. The van der Waals surface area contributed by atoms with Crippen molar-refractivity contribution in [2.45, 2.75) is 160 Å². The molecule has 12 nitrogen and oxygen atoms in total. The zero-order valence-electron chi connectivity index (χ0n) is 30.5. The van der Waals surface area contributed by atoms with Gasteiger partial charge in [0, 0.05) is 37.5 Å². The number of hydrogen-bond donors (Lipinski definition) is 3. The van der Waals surface area contributed by atoms with Crippen LogP contribution in [-0.2, 0) is 38.0 Å². The number of cyclic esters (lactones) is 1. The highest BCUT2D eigenvalue weighted by atomic mass is 16.7. The quantitative estimate of drug-likeness (QED) is 0.341. The number of carbonyl (C=O) groups excluding carboxylic acids is 2. The maximum absolute atomic E-state index is 13.9. The lowest BCUT2D eigenvalue weighted by molar-refractivity contribution is -0.307. The summed E-state index contributed by atoms with van der Waals surface area (Å²) in [5.74, 6) is -3.96. The van der Waals surface area contributed by atoms with Crippen molar-refractivity contribution < 1.29 is 53.3 Å². The lowest BCUT2D eigenvalue weighted by Crippen LogP contribution is -2.60. The lowest BCUT2D eigenvalue weighted by Gasteiger charge is -2.49. The van der Waals surface area contributed by atoms with Gasteiger partial charge in [-0.2, -0.15) is 0 Å². The summed E-state index contributed by atoms with van der Waals surface area (Å²) in [5.41, 5.74) is -3.06. The highest BCUT2D eigenvalue weighted by Gasteiger charge is 2.52. The molecular formula is C35H63NO11. The number of aliphatic hydroxyl groups excluding tert-OH is 2. The van der Waals surface area contributed by atoms with Gasteiger partial charge in [-0.05, 0) is 80.3 Å². The summed E-state index contributed by atoms with van der Waals surface area (Å²) < 4.78 is 37.7. The molecule has 12 heteroatoms. The van der Waals surface area contributed by atoms with Crippen LogP contribution in [0.5, 0.6) is 0 Å². The van der Waals surface area contributed by atoms with Crippen molar-refractivity contribution in [3.63, 3.8) is 0 Å². The van der Waals surface area contributed by atoms with Gasteiger partial charge in [-0.1, -0.05) is 27.7 Å². The number of aliphatic hydroxyl groups is 3. The predicted octanol–water partition coefficient (Wildman–Crippen LogP) is 3.07. The topological polar surface area (TPSA) is 153 Å². The molecule has 0 aromatic rings. The summed E-state index contributed by atoms with van der Waals surface area (Å²) in [6.45, 7) is 14.4. The van der Waals surface area contributed by atoms with E-state index in [-0.39, 0.29) is 30.8 Å². The first kappa shape index (κ1) is 40.2. The number of rotatable bonds is 7. The first-order valence-electron chi connectivity index (χ1n) is 17.5. The van der Waals surface area contributed by atoms with Gasteiger partial charge in [0.25, 0.3) is 0 Å². The van der Waals surface area contributed by atoms with E-state index in [0.29, 0.717) is 19.4 Å². The molecule has 47 heavy (non-hydrogen) atoms.